The van der Waals surface area contributed by atoms with E-state index in [0.717, 1.165) is 51.4 Å². The van der Waals surface area contributed by atoms with Crippen LogP contribution in [-0.2, 0) is 9.47 Å². The van der Waals surface area contributed by atoms with Gasteiger partial charge >= 0.3 is 12.2 Å². The van der Waals surface area contributed by atoms with Gasteiger partial charge in [0.2, 0.25) is 0 Å². The largest absolute Gasteiger partial charge is 0.492 e. The quantitative estimate of drug-likeness (QED) is 0.0725. The Labute approximate surface area is 495 Å². The first-order chi connectivity index (χ1) is 40.3. The second-order valence-electron chi connectivity index (χ2n) is 23.4. The zero-order chi connectivity index (χ0) is 61.7. The molecule has 5 aliphatic rings. The Morgan fingerprint density at radius 1 is 0.482 bits per heavy atom. The molecule has 5 aromatic rings. The van der Waals surface area contributed by atoms with Gasteiger partial charge in [0, 0.05) is 19.0 Å². The lowest BCUT2D eigenvalue weighted by molar-refractivity contribution is -0.0686. The number of alkyl halides is 4. The van der Waals surface area contributed by atoms with Crippen LogP contribution in [0.5, 0.6) is 28.7 Å². The van der Waals surface area contributed by atoms with Crippen molar-refractivity contribution in [2.75, 3.05) is 68.1 Å². The number of carbonyl (C=O) groups excluding carboxylic acids is 2. The Balaban J connectivity index is 0.000000172. The Morgan fingerprint density at radius 2 is 0.800 bits per heavy atom. The summed E-state index contributed by atoms with van der Waals surface area (Å²) in [6.45, 7) is 12.6. The maximum Gasteiger partial charge on any atom is 0.410 e. The van der Waals surface area contributed by atoms with Crippen LogP contribution in [0.4, 0.5) is 56.2 Å². The van der Waals surface area contributed by atoms with Crippen LogP contribution in [0.3, 0.4) is 0 Å². The third-order valence-corrected chi connectivity index (χ3v) is 13.5. The summed E-state index contributed by atoms with van der Waals surface area (Å²) in [5.41, 5.74) is 24.7. The van der Waals surface area contributed by atoms with Crippen LogP contribution in [0.25, 0.3) is 0 Å². The van der Waals surface area contributed by atoms with Crippen molar-refractivity contribution < 1.29 is 60.3 Å². The number of carbonyl (C=O) groups is 2. The number of likely N-dealkylation sites (tertiary alicyclic amines) is 2. The van der Waals surface area contributed by atoms with Crippen LogP contribution < -0.4 is 52.4 Å². The van der Waals surface area contributed by atoms with Crippen molar-refractivity contribution in [1.82, 2.24) is 34.7 Å². The molecule has 0 unspecified atom stereocenters. The molecule has 3 aliphatic carbocycles. The second-order valence-corrected chi connectivity index (χ2v) is 23.4. The highest BCUT2D eigenvalue weighted by molar-refractivity contribution is 5.70. The molecule has 6 atom stereocenters. The maximum atomic E-state index is 14.3. The SMILES string of the molecule is CC(C)(C)OC(=O)N1CC(COc2ccc(N)nc2)C1.CC(C)(C)OC(=O)N1CC(F)(COc2ccc(N)nc2)C1.Nc1ccc(O[C@@H]2CCCC[C@@H]2F)cn1.Nc1ccc(O[C@@H]2CCCC[C@H]2F)cn1.Nc1ccc(O[C@@H]2CCC[C@@H]2F)cn1. The molecule has 3 saturated carbocycles. The summed E-state index contributed by atoms with van der Waals surface area (Å²) in [7, 11) is 0. The van der Waals surface area contributed by atoms with Crippen molar-refractivity contribution in [2.45, 2.75) is 166 Å². The fourth-order valence-corrected chi connectivity index (χ4v) is 9.01. The van der Waals surface area contributed by atoms with Crippen LogP contribution in [0.15, 0.2) is 91.6 Å². The fraction of sp³-hybridized carbons (Fsp3) is 0.550. The molecule has 2 saturated heterocycles. The van der Waals surface area contributed by atoms with Gasteiger partial charge in [-0.25, -0.2) is 52.1 Å². The zero-order valence-corrected chi connectivity index (χ0v) is 49.4. The average Bonchev–Trinajstić information content (AvgIpc) is 2.89. The highest BCUT2D eigenvalue weighted by Gasteiger charge is 2.48. The number of ether oxygens (including phenoxy) is 7. The second kappa shape index (κ2) is 31.2. The molecular formula is C60H84F4N12O9. The number of hydrogen-bond donors (Lipinski definition) is 5. The monoisotopic (exact) mass is 1190 g/mol. The summed E-state index contributed by atoms with van der Waals surface area (Å²) >= 11 is 0. The van der Waals surface area contributed by atoms with Crippen molar-refractivity contribution in [2.24, 2.45) is 5.92 Å². The van der Waals surface area contributed by atoms with E-state index >= 15 is 0 Å². The number of aromatic nitrogens is 5. The smallest absolute Gasteiger partial charge is 0.410 e. The van der Waals surface area contributed by atoms with Crippen LogP contribution in [0.1, 0.15) is 112 Å². The first-order valence-corrected chi connectivity index (χ1v) is 28.7. The van der Waals surface area contributed by atoms with Crippen LogP contribution in [0, 0.1) is 5.92 Å². The predicted molar refractivity (Wildman–Crippen MR) is 316 cm³/mol. The summed E-state index contributed by atoms with van der Waals surface area (Å²) < 4.78 is 92.2. The number of pyridine rings is 5. The highest BCUT2D eigenvalue weighted by atomic mass is 19.2. The van der Waals surface area contributed by atoms with Gasteiger partial charge in [0.25, 0.3) is 0 Å². The van der Waals surface area contributed by atoms with E-state index in [4.69, 9.17) is 61.8 Å². The molecule has 5 fully saturated rings. The molecule has 466 valence electrons. The Morgan fingerprint density at radius 3 is 1.13 bits per heavy atom. The summed E-state index contributed by atoms with van der Waals surface area (Å²) in [5.74, 6) is 5.43. The third-order valence-electron chi connectivity index (χ3n) is 13.5. The Kier molecular flexibility index (Phi) is 24.3. The first kappa shape index (κ1) is 66.2. The number of hydrogen-bond acceptors (Lipinski definition) is 19. The van der Waals surface area contributed by atoms with E-state index in [-0.39, 0.29) is 44.1 Å². The molecule has 0 aromatic carbocycles. The van der Waals surface area contributed by atoms with Crippen LogP contribution in [0.2, 0.25) is 0 Å². The average molecular weight is 1190 g/mol. The van der Waals surface area contributed by atoms with E-state index in [0.29, 0.717) is 103 Å². The number of nitrogens with two attached hydrogens (primary N) is 5. The van der Waals surface area contributed by atoms with Crippen molar-refractivity contribution in [3.63, 3.8) is 0 Å². The molecule has 25 heteroatoms. The van der Waals surface area contributed by atoms with Gasteiger partial charge in [-0.15, -0.1) is 0 Å². The number of nitrogen functional groups attached to an aromatic ring is 5. The minimum absolute atomic E-state index is 0.0374. The normalized spacial score (nSPS) is 21.5. The molecule has 10 N–H and O–H groups in total. The molecule has 0 radical (unpaired) electrons. The molecule has 5 aromatic heterocycles. The summed E-state index contributed by atoms with van der Waals surface area (Å²) in [5, 5.41) is 0. The van der Waals surface area contributed by atoms with Gasteiger partial charge in [-0.1, -0.05) is 12.8 Å². The van der Waals surface area contributed by atoms with E-state index in [9.17, 15) is 27.2 Å². The Bertz CT molecular complexity index is 2710. The molecule has 2 amide bonds. The molecule has 7 heterocycles. The lowest BCUT2D eigenvalue weighted by Gasteiger charge is -2.43. The lowest BCUT2D eigenvalue weighted by Crippen LogP contribution is -2.64. The van der Waals surface area contributed by atoms with E-state index in [2.05, 4.69) is 24.9 Å². The van der Waals surface area contributed by atoms with E-state index in [1.165, 1.54) is 29.7 Å². The summed E-state index contributed by atoms with van der Waals surface area (Å²) in [6, 6.07) is 16.8. The zero-order valence-electron chi connectivity index (χ0n) is 49.4. The molecule has 0 bridgehead atoms. The van der Waals surface area contributed by atoms with Crippen LogP contribution >= 0.6 is 0 Å². The lowest BCUT2D eigenvalue weighted by atomic mass is 9.96. The number of halogens is 4. The number of nitrogens with zero attached hydrogens (tertiary/aromatic N) is 7. The van der Waals surface area contributed by atoms with Gasteiger partial charge in [0.05, 0.1) is 50.7 Å². The molecular weight excluding hydrogens is 1110 g/mol. The van der Waals surface area contributed by atoms with Crippen molar-refractivity contribution in [1.29, 1.82) is 0 Å². The molecule has 85 heavy (non-hydrogen) atoms. The van der Waals surface area contributed by atoms with Gasteiger partial charge < -0.3 is 71.6 Å². The van der Waals surface area contributed by atoms with Crippen molar-refractivity contribution in [3.8, 4) is 28.7 Å². The standard InChI is InChI=1S/C14H20FN3O3.C14H21N3O3.2C11H15FN2O.C10H13FN2O/c1-13(2,3)21-12(19)18-7-14(15,8-18)9-20-10-4-5-11(16)17-6-10;1-14(2,3)20-13(18)17-7-10(8-17)9-19-11-4-5-12(15)16-6-11;2*12-9-3-1-2-4-10(9)15-8-5-6-11(13)14-7-8;11-8-2-1-3-9(8)14-7-4-5-10(12)13-6-7/h4-6H,7-9H2,1-3H3,(H2,16,17);4-6,10H,7-9H2,1-3H3,(H2,15,16);2*5-7,9-10H,1-4H2,(H2,13,14);4-6,8-9H,1-3H2,(H2,12,13)/t;;9-,10+;9-,10-;8-,9+/m..010/s1. The van der Waals surface area contributed by atoms with Gasteiger partial charge in [-0.3, -0.25) is 0 Å². The molecule has 0 spiro atoms. The van der Waals surface area contributed by atoms with E-state index in [1.54, 1.807) is 92.5 Å². The van der Waals surface area contributed by atoms with Crippen molar-refractivity contribution in [3.05, 3.63) is 91.6 Å². The van der Waals surface area contributed by atoms with Gasteiger partial charge in [-0.05, 0) is 160 Å². The number of amides is 2. The van der Waals surface area contributed by atoms with Gasteiger partial charge in [-0.2, -0.15) is 0 Å². The minimum atomic E-state index is -1.56. The number of rotatable bonds is 12. The van der Waals surface area contributed by atoms with Gasteiger partial charge in [0.15, 0.2) is 5.67 Å². The third kappa shape index (κ3) is 23.5. The molecule has 2 aliphatic heterocycles. The predicted octanol–water partition coefficient (Wildman–Crippen LogP) is 10.5. The van der Waals surface area contributed by atoms with Crippen molar-refractivity contribution >= 4 is 41.3 Å². The fourth-order valence-electron chi connectivity index (χ4n) is 9.01. The molecule has 21 nitrogen and oxygen atoms in total. The van der Waals surface area contributed by atoms with Crippen LogP contribution in [-0.4, -0.2) is 140 Å². The summed E-state index contributed by atoms with van der Waals surface area (Å²) in [6.07, 6.45) is 12.4. The summed E-state index contributed by atoms with van der Waals surface area (Å²) in [4.78, 5) is 45.9. The van der Waals surface area contributed by atoms with E-state index < -0.39 is 41.5 Å². The minimum Gasteiger partial charge on any atom is -0.492 e. The topological polar surface area (TPSA) is 300 Å². The van der Waals surface area contributed by atoms with E-state index in [1.807, 2.05) is 20.8 Å². The first-order valence-electron chi connectivity index (χ1n) is 28.7. The number of anilines is 5. The Hall–Kier alpha value is -7.99. The maximum absolute atomic E-state index is 14.3. The van der Waals surface area contributed by atoms with Gasteiger partial charge in [0.1, 0.15) is 112 Å². The molecule has 10 rings (SSSR count). The highest BCUT2D eigenvalue weighted by Crippen LogP contribution is 2.31.